The number of hydrogen-bond acceptors (Lipinski definition) is 4. The van der Waals surface area contributed by atoms with E-state index in [2.05, 4.69) is 0 Å². The molecule has 0 radical (unpaired) electrons. The smallest absolute Gasteiger partial charge is 0.255 e. The Morgan fingerprint density at radius 2 is 1.65 bits per heavy atom. The zero-order valence-corrected chi connectivity index (χ0v) is 14.2. The fourth-order valence-electron chi connectivity index (χ4n) is 3.39. The van der Waals surface area contributed by atoms with Gasteiger partial charge in [0.25, 0.3) is 5.91 Å². The first-order valence-electron chi connectivity index (χ1n) is 7.33. The molecule has 0 unspecified atom stereocenters. The molecule has 0 N–H and O–H groups in total. The van der Waals surface area contributed by atoms with Gasteiger partial charge in [-0.2, -0.15) is 0 Å². The summed E-state index contributed by atoms with van der Waals surface area (Å²) in [6.45, 7) is 2.07. The summed E-state index contributed by atoms with van der Waals surface area (Å²) in [5.74, 6) is -0.658. The first-order chi connectivity index (χ1) is 10.8. The van der Waals surface area contributed by atoms with E-state index in [4.69, 9.17) is 11.6 Å². The van der Waals surface area contributed by atoms with Gasteiger partial charge in [0.2, 0.25) is 5.91 Å². The molecule has 124 valence electrons. The van der Waals surface area contributed by atoms with Gasteiger partial charge in [0, 0.05) is 20.0 Å². The third-order valence-electron chi connectivity index (χ3n) is 4.45. The van der Waals surface area contributed by atoms with E-state index >= 15 is 0 Å². The van der Waals surface area contributed by atoms with E-state index in [-0.39, 0.29) is 23.3 Å². The van der Waals surface area contributed by atoms with Crippen LogP contribution in [0.15, 0.2) is 24.3 Å². The molecule has 1 aromatic carbocycles. The Labute approximate surface area is 139 Å². The van der Waals surface area contributed by atoms with Crippen LogP contribution in [0.25, 0.3) is 0 Å². The Balaban J connectivity index is 1.94. The Hall–Kier alpha value is -1.60. The van der Waals surface area contributed by atoms with Gasteiger partial charge in [-0.3, -0.25) is 9.59 Å². The van der Waals surface area contributed by atoms with Crippen molar-refractivity contribution < 1.29 is 18.0 Å². The molecule has 2 amide bonds. The van der Waals surface area contributed by atoms with Gasteiger partial charge in [0.05, 0.1) is 34.2 Å². The standard InChI is InChI=1S/C15H17ClN2O4S/c1-10(19)17-6-7-18(14-9-23(21,22)8-13(14)17)15(20)11-4-2-3-5-12(11)16/h2-5,13-14H,6-9H2,1H3/t13-,14+/m0/s1. The first-order valence-corrected chi connectivity index (χ1v) is 9.53. The second-order valence-corrected chi connectivity index (χ2v) is 8.46. The van der Waals surface area contributed by atoms with E-state index in [1.807, 2.05) is 0 Å². The number of fused-ring (bicyclic) bond motifs is 1. The van der Waals surface area contributed by atoms with E-state index in [0.717, 1.165) is 0 Å². The van der Waals surface area contributed by atoms with Crippen molar-refractivity contribution in [2.45, 2.75) is 19.0 Å². The summed E-state index contributed by atoms with van der Waals surface area (Å²) < 4.78 is 24.1. The third kappa shape index (κ3) is 2.95. The van der Waals surface area contributed by atoms with Gasteiger partial charge in [-0.25, -0.2) is 8.42 Å². The summed E-state index contributed by atoms with van der Waals surface area (Å²) >= 11 is 6.09. The van der Waals surface area contributed by atoms with Crippen LogP contribution in [0.4, 0.5) is 0 Å². The van der Waals surface area contributed by atoms with Crippen molar-refractivity contribution in [3.05, 3.63) is 34.9 Å². The lowest BCUT2D eigenvalue weighted by molar-refractivity contribution is -0.133. The number of piperazine rings is 1. The number of rotatable bonds is 1. The minimum Gasteiger partial charge on any atom is -0.335 e. The average molecular weight is 357 g/mol. The number of carbonyl (C=O) groups excluding carboxylic acids is 2. The second-order valence-electron chi connectivity index (χ2n) is 5.90. The molecule has 0 aliphatic carbocycles. The molecule has 2 saturated heterocycles. The molecule has 2 heterocycles. The Kier molecular flexibility index (Phi) is 4.10. The van der Waals surface area contributed by atoms with Crippen LogP contribution in [-0.2, 0) is 14.6 Å². The molecule has 0 saturated carbocycles. The largest absolute Gasteiger partial charge is 0.335 e. The lowest BCUT2D eigenvalue weighted by atomic mass is 10.0. The molecule has 2 atom stereocenters. The van der Waals surface area contributed by atoms with E-state index in [1.54, 1.807) is 34.1 Å². The first kappa shape index (κ1) is 16.3. The lowest BCUT2D eigenvalue weighted by Gasteiger charge is -2.43. The van der Waals surface area contributed by atoms with E-state index in [9.17, 15) is 18.0 Å². The molecular formula is C15H17ClN2O4S. The summed E-state index contributed by atoms with van der Waals surface area (Å²) in [5, 5.41) is 0.337. The van der Waals surface area contributed by atoms with Crippen LogP contribution in [0.1, 0.15) is 17.3 Å². The molecule has 6 nitrogen and oxygen atoms in total. The highest BCUT2D eigenvalue weighted by atomic mass is 35.5. The summed E-state index contributed by atoms with van der Waals surface area (Å²) in [7, 11) is -3.27. The van der Waals surface area contributed by atoms with Gasteiger partial charge in [-0.15, -0.1) is 0 Å². The number of carbonyl (C=O) groups is 2. The van der Waals surface area contributed by atoms with Gasteiger partial charge in [-0.05, 0) is 12.1 Å². The predicted molar refractivity (Wildman–Crippen MR) is 86.1 cm³/mol. The number of sulfone groups is 1. The molecule has 0 bridgehead atoms. The maximum absolute atomic E-state index is 12.8. The normalized spacial score (nSPS) is 26.0. The molecule has 3 rings (SSSR count). The van der Waals surface area contributed by atoms with Crippen LogP contribution in [0.3, 0.4) is 0 Å². The summed E-state index contributed by atoms with van der Waals surface area (Å²) in [4.78, 5) is 27.7. The van der Waals surface area contributed by atoms with Crippen LogP contribution >= 0.6 is 11.6 Å². The summed E-state index contributed by atoms with van der Waals surface area (Å²) in [5.41, 5.74) is 0.355. The Morgan fingerprint density at radius 3 is 2.26 bits per heavy atom. The highest BCUT2D eigenvalue weighted by Gasteiger charge is 2.49. The van der Waals surface area contributed by atoms with Gasteiger partial charge in [0.15, 0.2) is 9.84 Å². The summed E-state index contributed by atoms with van der Waals surface area (Å²) in [6.07, 6.45) is 0. The highest BCUT2D eigenvalue weighted by Crippen LogP contribution is 2.29. The van der Waals surface area contributed by atoms with Crippen molar-refractivity contribution >= 4 is 33.3 Å². The molecule has 1 aromatic rings. The molecular weight excluding hydrogens is 340 g/mol. The van der Waals surface area contributed by atoms with Crippen molar-refractivity contribution in [3.63, 3.8) is 0 Å². The SMILES string of the molecule is CC(=O)N1CCN(C(=O)c2ccccc2Cl)[C@@H]2CS(=O)(=O)C[C@@H]21. The number of amides is 2. The minimum absolute atomic E-state index is 0.0937. The number of nitrogens with zero attached hydrogens (tertiary/aromatic N) is 2. The summed E-state index contributed by atoms with van der Waals surface area (Å²) in [6, 6.07) is 5.71. The lowest BCUT2D eigenvalue weighted by Crippen LogP contribution is -2.61. The zero-order valence-electron chi connectivity index (χ0n) is 12.6. The maximum Gasteiger partial charge on any atom is 0.255 e. The third-order valence-corrected chi connectivity index (χ3v) is 6.47. The monoisotopic (exact) mass is 356 g/mol. The van der Waals surface area contributed by atoms with E-state index < -0.39 is 21.9 Å². The number of benzene rings is 1. The fourth-order valence-corrected chi connectivity index (χ4v) is 5.58. The van der Waals surface area contributed by atoms with Crippen LogP contribution in [-0.4, -0.2) is 66.7 Å². The van der Waals surface area contributed by atoms with Crippen LogP contribution in [0.2, 0.25) is 5.02 Å². The van der Waals surface area contributed by atoms with Crippen molar-refractivity contribution in [3.8, 4) is 0 Å². The topological polar surface area (TPSA) is 74.8 Å². The van der Waals surface area contributed by atoms with Gasteiger partial charge < -0.3 is 9.80 Å². The van der Waals surface area contributed by atoms with Crippen LogP contribution in [0.5, 0.6) is 0 Å². The van der Waals surface area contributed by atoms with Crippen molar-refractivity contribution in [1.82, 2.24) is 9.80 Å². The van der Waals surface area contributed by atoms with Crippen molar-refractivity contribution in [2.75, 3.05) is 24.6 Å². The van der Waals surface area contributed by atoms with Gasteiger partial charge >= 0.3 is 0 Å². The molecule has 23 heavy (non-hydrogen) atoms. The average Bonchev–Trinajstić information content (AvgIpc) is 2.80. The Morgan fingerprint density at radius 1 is 1.09 bits per heavy atom. The number of hydrogen-bond donors (Lipinski definition) is 0. The highest BCUT2D eigenvalue weighted by molar-refractivity contribution is 7.91. The molecule has 2 aliphatic rings. The van der Waals surface area contributed by atoms with E-state index in [0.29, 0.717) is 23.7 Å². The van der Waals surface area contributed by atoms with E-state index in [1.165, 1.54) is 6.92 Å². The fraction of sp³-hybridized carbons (Fsp3) is 0.467. The van der Waals surface area contributed by atoms with Crippen LogP contribution < -0.4 is 0 Å². The quantitative estimate of drug-likeness (QED) is 0.746. The molecule has 2 aliphatic heterocycles. The second kappa shape index (κ2) is 5.79. The maximum atomic E-state index is 12.8. The van der Waals surface area contributed by atoms with Crippen molar-refractivity contribution in [1.29, 1.82) is 0 Å². The Bertz CT molecular complexity index is 764. The molecule has 2 fully saturated rings. The van der Waals surface area contributed by atoms with Crippen LogP contribution in [0, 0.1) is 0 Å². The molecule has 0 aromatic heterocycles. The van der Waals surface area contributed by atoms with Crippen molar-refractivity contribution in [2.24, 2.45) is 0 Å². The predicted octanol–water partition coefficient (Wildman–Crippen LogP) is 0.810. The minimum atomic E-state index is -3.27. The zero-order chi connectivity index (χ0) is 16.8. The van der Waals surface area contributed by atoms with Gasteiger partial charge in [0.1, 0.15) is 0 Å². The number of halogens is 1. The molecule has 8 heteroatoms. The molecule has 0 spiro atoms. The van der Waals surface area contributed by atoms with Gasteiger partial charge in [-0.1, -0.05) is 23.7 Å².